The fraction of sp³-hybridized carbons (Fsp3) is 0.364. The van der Waals surface area contributed by atoms with Crippen LogP contribution in [-0.2, 0) is 17.6 Å². The highest BCUT2D eigenvalue weighted by Crippen LogP contribution is 2.12. The molecule has 0 N–H and O–H groups in total. The predicted molar refractivity (Wildman–Crippen MR) is 103 cm³/mol. The van der Waals surface area contributed by atoms with E-state index in [4.69, 9.17) is 0 Å². The number of carbonyl (C=O) groups excluding carboxylic acids is 2. The first kappa shape index (κ1) is 18.2. The molecule has 0 radical (unpaired) electrons. The molecule has 1 aliphatic rings. The van der Waals surface area contributed by atoms with Gasteiger partial charge in [-0.1, -0.05) is 49.4 Å². The Morgan fingerprint density at radius 3 is 2.00 bits per heavy atom. The Morgan fingerprint density at radius 2 is 1.38 bits per heavy atom. The predicted octanol–water partition coefficient (Wildman–Crippen LogP) is 3.17. The van der Waals surface area contributed by atoms with E-state index in [0.29, 0.717) is 38.2 Å². The zero-order valence-electron chi connectivity index (χ0n) is 15.4. The number of amides is 2. The molecule has 0 bridgehead atoms. The standard InChI is InChI=1S/C22H26N2O2/c1-2-18-8-10-19(11-9-18)12-13-21(25)23-14-16-24(17-15-23)22(26)20-6-4-3-5-7-20/h3-11H,2,12-17H2,1H3. The highest BCUT2D eigenvalue weighted by Gasteiger charge is 2.24. The fourth-order valence-electron chi connectivity index (χ4n) is 3.27. The second-order valence-corrected chi connectivity index (χ2v) is 6.71. The van der Waals surface area contributed by atoms with Crippen LogP contribution in [0.3, 0.4) is 0 Å². The van der Waals surface area contributed by atoms with E-state index < -0.39 is 0 Å². The van der Waals surface area contributed by atoms with Crippen LogP contribution >= 0.6 is 0 Å². The summed E-state index contributed by atoms with van der Waals surface area (Å²) < 4.78 is 0. The van der Waals surface area contributed by atoms with Gasteiger partial charge >= 0.3 is 0 Å². The maximum Gasteiger partial charge on any atom is 0.253 e. The van der Waals surface area contributed by atoms with Gasteiger partial charge in [-0.25, -0.2) is 0 Å². The Kier molecular flexibility index (Phi) is 6.05. The molecule has 1 aliphatic heterocycles. The summed E-state index contributed by atoms with van der Waals surface area (Å²) in [5.41, 5.74) is 3.23. The van der Waals surface area contributed by atoms with Gasteiger partial charge in [-0.05, 0) is 36.1 Å². The zero-order valence-corrected chi connectivity index (χ0v) is 15.4. The third-order valence-corrected chi connectivity index (χ3v) is 5.00. The van der Waals surface area contributed by atoms with Gasteiger partial charge in [0, 0.05) is 38.2 Å². The van der Waals surface area contributed by atoms with Crippen LogP contribution < -0.4 is 0 Å². The Hall–Kier alpha value is -2.62. The molecule has 0 unspecified atom stereocenters. The fourth-order valence-corrected chi connectivity index (χ4v) is 3.27. The van der Waals surface area contributed by atoms with Gasteiger partial charge in [-0.15, -0.1) is 0 Å². The minimum atomic E-state index is 0.0497. The van der Waals surface area contributed by atoms with Gasteiger partial charge in [0.25, 0.3) is 5.91 Å². The van der Waals surface area contributed by atoms with E-state index >= 15 is 0 Å². The number of aryl methyl sites for hydroxylation is 2. The van der Waals surface area contributed by atoms with Crippen molar-refractivity contribution in [3.05, 3.63) is 71.3 Å². The number of rotatable bonds is 5. The van der Waals surface area contributed by atoms with Gasteiger partial charge in [-0.2, -0.15) is 0 Å². The normalized spacial score (nSPS) is 14.3. The van der Waals surface area contributed by atoms with E-state index in [1.54, 1.807) is 0 Å². The minimum Gasteiger partial charge on any atom is -0.339 e. The van der Waals surface area contributed by atoms with Crippen molar-refractivity contribution in [3.8, 4) is 0 Å². The SMILES string of the molecule is CCc1ccc(CCC(=O)N2CCN(C(=O)c3ccccc3)CC2)cc1. The van der Waals surface area contributed by atoms with Crippen molar-refractivity contribution in [1.82, 2.24) is 9.80 Å². The lowest BCUT2D eigenvalue weighted by atomic mass is 10.1. The Labute approximate surface area is 155 Å². The number of carbonyl (C=O) groups is 2. The largest absolute Gasteiger partial charge is 0.339 e. The number of nitrogens with zero attached hydrogens (tertiary/aromatic N) is 2. The molecule has 4 heteroatoms. The molecule has 1 heterocycles. The van der Waals surface area contributed by atoms with E-state index in [-0.39, 0.29) is 11.8 Å². The molecule has 26 heavy (non-hydrogen) atoms. The van der Waals surface area contributed by atoms with E-state index in [1.807, 2.05) is 40.1 Å². The molecular weight excluding hydrogens is 324 g/mol. The Balaban J connectivity index is 1.46. The Bertz CT molecular complexity index is 732. The summed E-state index contributed by atoms with van der Waals surface area (Å²) >= 11 is 0. The smallest absolute Gasteiger partial charge is 0.253 e. The van der Waals surface area contributed by atoms with E-state index in [1.165, 1.54) is 11.1 Å². The first-order valence-electron chi connectivity index (χ1n) is 9.37. The molecule has 2 aromatic carbocycles. The van der Waals surface area contributed by atoms with Crippen LogP contribution in [0.1, 0.15) is 34.8 Å². The van der Waals surface area contributed by atoms with Crippen LogP contribution in [0.25, 0.3) is 0 Å². The first-order chi connectivity index (χ1) is 12.7. The van der Waals surface area contributed by atoms with Crippen molar-refractivity contribution in [2.75, 3.05) is 26.2 Å². The lowest BCUT2D eigenvalue weighted by Crippen LogP contribution is -2.50. The highest BCUT2D eigenvalue weighted by atomic mass is 16.2. The van der Waals surface area contributed by atoms with Crippen LogP contribution in [0, 0.1) is 0 Å². The third-order valence-electron chi connectivity index (χ3n) is 5.00. The topological polar surface area (TPSA) is 40.6 Å². The first-order valence-corrected chi connectivity index (χ1v) is 9.37. The van der Waals surface area contributed by atoms with Crippen LogP contribution in [0.2, 0.25) is 0 Å². The number of hydrogen-bond donors (Lipinski definition) is 0. The monoisotopic (exact) mass is 350 g/mol. The molecule has 4 nitrogen and oxygen atoms in total. The van der Waals surface area contributed by atoms with Gasteiger partial charge in [0.05, 0.1) is 0 Å². The molecule has 0 aliphatic carbocycles. The molecule has 0 atom stereocenters. The zero-order chi connectivity index (χ0) is 18.4. The van der Waals surface area contributed by atoms with Crippen LogP contribution in [0.5, 0.6) is 0 Å². The van der Waals surface area contributed by atoms with Crippen LogP contribution in [0.4, 0.5) is 0 Å². The van der Waals surface area contributed by atoms with Crippen molar-refractivity contribution in [3.63, 3.8) is 0 Å². The van der Waals surface area contributed by atoms with Gasteiger partial charge in [-0.3, -0.25) is 9.59 Å². The van der Waals surface area contributed by atoms with Crippen LogP contribution in [0.15, 0.2) is 54.6 Å². The number of piperazine rings is 1. The van der Waals surface area contributed by atoms with Gasteiger partial charge in [0.1, 0.15) is 0 Å². The van der Waals surface area contributed by atoms with Gasteiger partial charge < -0.3 is 9.80 Å². The van der Waals surface area contributed by atoms with Crippen LogP contribution in [-0.4, -0.2) is 47.8 Å². The second kappa shape index (κ2) is 8.65. The van der Waals surface area contributed by atoms with E-state index in [9.17, 15) is 9.59 Å². The molecule has 136 valence electrons. The summed E-state index contributed by atoms with van der Waals surface area (Å²) in [7, 11) is 0. The molecule has 2 aromatic rings. The lowest BCUT2D eigenvalue weighted by Gasteiger charge is -2.35. The van der Waals surface area contributed by atoms with E-state index in [0.717, 1.165) is 12.8 Å². The third kappa shape index (κ3) is 4.51. The van der Waals surface area contributed by atoms with Crippen molar-refractivity contribution >= 4 is 11.8 Å². The van der Waals surface area contributed by atoms with Gasteiger partial charge in [0.2, 0.25) is 5.91 Å². The summed E-state index contributed by atoms with van der Waals surface area (Å²) in [5.74, 6) is 0.227. The van der Waals surface area contributed by atoms with Crippen molar-refractivity contribution in [2.45, 2.75) is 26.2 Å². The van der Waals surface area contributed by atoms with Crippen molar-refractivity contribution in [1.29, 1.82) is 0 Å². The second-order valence-electron chi connectivity index (χ2n) is 6.71. The van der Waals surface area contributed by atoms with E-state index in [2.05, 4.69) is 31.2 Å². The molecule has 0 spiro atoms. The van der Waals surface area contributed by atoms with Gasteiger partial charge in [0.15, 0.2) is 0 Å². The summed E-state index contributed by atoms with van der Waals surface area (Å²) in [6.45, 7) is 4.58. The quantitative estimate of drug-likeness (QED) is 0.831. The lowest BCUT2D eigenvalue weighted by molar-refractivity contribution is -0.132. The van der Waals surface area contributed by atoms with Crippen molar-refractivity contribution in [2.24, 2.45) is 0 Å². The molecule has 0 saturated carbocycles. The number of benzene rings is 2. The average Bonchev–Trinajstić information content (AvgIpc) is 2.72. The minimum absolute atomic E-state index is 0.0497. The summed E-state index contributed by atoms with van der Waals surface area (Å²) in [6.07, 6.45) is 2.33. The summed E-state index contributed by atoms with van der Waals surface area (Å²) in [4.78, 5) is 28.6. The maximum absolute atomic E-state index is 12.5. The summed E-state index contributed by atoms with van der Waals surface area (Å²) in [6, 6.07) is 17.8. The maximum atomic E-state index is 12.5. The Morgan fingerprint density at radius 1 is 0.808 bits per heavy atom. The van der Waals surface area contributed by atoms with Crippen molar-refractivity contribution < 1.29 is 9.59 Å². The molecule has 1 saturated heterocycles. The average molecular weight is 350 g/mol. The molecule has 0 aromatic heterocycles. The molecule has 3 rings (SSSR count). The highest BCUT2D eigenvalue weighted by molar-refractivity contribution is 5.94. The molecule has 1 fully saturated rings. The summed E-state index contributed by atoms with van der Waals surface area (Å²) in [5, 5.41) is 0. The number of hydrogen-bond acceptors (Lipinski definition) is 2. The molecule has 2 amide bonds. The molecular formula is C22H26N2O2.